The lowest BCUT2D eigenvalue weighted by molar-refractivity contribution is -0.109. The molecule has 1 N–H and O–H groups in total. The summed E-state index contributed by atoms with van der Waals surface area (Å²) < 4.78 is 5.20. The van der Waals surface area contributed by atoms with Gasteiger partial charge in [0.25, 0.3) is 0 Å². The van der Waals surface area contributed by atoms with Gasteiger partial charge in [0.1, 0.15) is 5.60 Å². The van der Waals surface area contributed by atoms with Crippen molar-refractivity contribution >= 4 is 34.7 Å². The molecule has 0 saturated carbocycles. The molecule has 0 saturated heterocycles. The molecule has 114 valence electrons. The minimum absolute atomic E-state index is 0.0972. The molecular formula is C16H21NO3S. The zero-order chi connectivity index (χ0) is 15.9. The fourth-order valence-electron chi connectivity index (χ4n) is 1.49. The van der Waals surface area contributed by atoms with Crippen LogP contribution in [-0.2, 0) is 9.53 Å². The Morgan fingerprint density at radius 3 is 2.67 bits per heavy atom. The third-order valence-corrected chi connectivity index (χ3v) is 2.99. The Bertz CT molecular complexity index is 533. The molecule has 0 aliphatic heterocycles. The SMILES string of the molecule is CC(=O)SCC=Cc1cccc(NC(=O)OC(C)(C)C)c1. The quantitative estimate of drug-likeness (QED) is 0.899. The molecule has 0 spiro atoms. The second kappa shape index (κ2) is 7.88. The molecule has 5 heteroatoms. The van der Waals surface area contributed by atoms with Crippen LogP contribution in [0.2, 0.25) is 0 Å². The van der Waals surface area contributed by atoms with E-state index < -0.39 is 11.7 Å². The van der Waals surface area contributed by atoms with E-state index in [-0.39, 0.29) is 5.12 Å². The first-order valence-electron chi connectivity index (χ1n) is 6.66. The van der Waals surface area contributed by atoms with Crippen LogP contribution in [0.4, 0.5) is 10.5 Å². The van der Waals surface area contributed by atoms with Gasteiger partial charge in [-0.3, -0.25) is 10.1 Å². The average Bonchev–Trinajstić information content (AvgIpc) is 2.32. The van der Waals surface area contributed by atoms with Gasteiger partial charge in [-0.05, 0) is 38.5 Å². The Kier molecular flexibility index (Phi) is 6.49. The molecule has 0 radical (unpaired) electrons. The van der Waals surface area contributed by atoms with Crippen LogP contribution in [0.1, 0.15) is 33.3 Å². The van der Waals surface area contributed by atoms with E-state index >= 15 is 0 Å². The molecule has 0 heterocycles. The molecule has 21 heavy (non-hydrogen) atoms. The van der Waals surface area contributed by atoms with Crippen molar-refractivity contribution in [2.75, 3.05) is 11.1 Å². The minimum atomic E-state index is -0.522. The summed E-state index contributed by atoms with van der Waals surface area (Å²) in [5.74, 6) is 0.638. The molecule has 0 aliphatic carbocycles. The van der Waals surface area contributed by atoms with Crippen LogP contribution in [0, 0.1) is 0 Å². The minimum Gasteiger partial charge on any atom is -0.444 e. The number of amides is 1. The van der Waals surface area contributed by atoms with E-state index in [9.17, 15) is 9.59 Å². The molecule has 0 aromatic heterocycles. The van der Waals surface area contributed by atoms with Crippen LogP contribution in [0.5, 0.6) is 0 Å². The van der Waals surface area contributed by atoms with Gasteiger partial charge >= 0.3 is 6.09 Å². The number of rotatable bonds is 4. The van der Waals surface area contributed by atoms with Crippen molar-refractivity contribution in [3.8, 4) is 0 Å². The van der Waals surface area contributed by atoms with E-state index in [0.29, 0.717) is 11.4 Å². The van der Waals surface area contributed by atoms with E-state index in [4.69, 9.17) is 4.74 Å². The molecule has 4 nitrogen and oxygen atoms in total. The van der Waals surface area contributed by atoms with Gasteiger partial charge in [-0.1, -0.05) is 36.0 Å². The summed E-state index contributed by atoms with van der Waals surface area (Å²) in [5, 5.41) is 2.79. The Morgan fingerprint density at radius 1 is 1.33 bits per heavy atom. The van der Waals surface area contributed by atoms with Gasteiger partial charge in [-0.25, -0.2) is 4.79 Å². The monoisotopic (exact) mass is 307 g/mol. The highest BCUT2D eigenvalue weighted by Gasteiger charge is 2.15. The van der Waals surface area contributed by atoms with Crippen molar-refractivity contribution in [3.05, 3.63) is 35.9 Å². The number of hydrogen-bond acceptors (Lipinski definition) is 4. The van der Waals surface area contributed by atoms with Crippen LogP contribution in [0.3, 0.4) is 0 Å². The van der Waals surface area contributed by atoms with Crippen molar-refractivity contribution in [2.24, 2.45) is 0 Å². The number of thioether (sulfide) groups is 1. The predicted molar refractivity (Wildman–Crippen MR) is 88.5 cm³/mol. The fraction of sp³-hybridized carbons (Fsp3) is 0.375. The number of benzene rings is 1. The van der Waals surface area contributed by atoms with E-state index in [0.717, 1.165) is 5.56 Å². The maximum absolute atomic E-state index is 11.7. The molecular weight excluding hydrogens is 286 g/mol. The molecule has 0 atom stereocenters. The predicted octanol–water partition coefficient (Wildman–Crippen LogP) is 4.33. The Morgan fingerprint density at radius 2 is 2.05 bits per heavy atom. The number of hydrogen-bond donors (Lipinski definition) is 1. The number of ether oxygens (including phenoxy) is 1. The van der Waals surface area contributed by atoms with E-state index in [2.05, 4.69) is 5.32 Å². The molecule has 0 bridgehead atoms. The molecule has 1 aromatic carbocycles. The largest absolute Gasteiger partial charge is 0.444 e. The van der Waals surface area contributed by atoms with E-state index in [1.807, 2.05) is 51.1 Å². The second-order valence-electron chi connectivity index (χ2n) is 5.46. The maximum atomic E-state index is 11.7. The fourth-order valence-corrected chi connectivity index (χ4v) is 1.92. The normalized spacial score (nSPS) is 11.4. The molecule has 1 aromatic rings. The first-order chi connectivity index (χ1) is 9.76. The van der Waals surface area contributed by atoms with Crippen LogP contribution >= 0.6 is 11.8 Å². The van der Waals surface area contributed by atoms with Gasteiger partial charge in [-0.15, -0.1) is 0 Å². The molecule has 0 aliphatic rings. The zero-order valence-corrected chi connectivity index (χ0v) is 13.6. The number of anilines is 1. The Hall–Kier alpha value is -1.75. The van der Waals surface area contributed by atoms with Gasteiger partial charge in [-0.2, -0.15) is 0 Å². The van der Waals surface area contributed by atoms with Gasteiger partial charge in [0.2, 0.25) is 0 Å². The summed E-state index contributed by atoms with van der Waals surface area (Å²) >= 11 is 1.26. The third kappa shape index (κ3) is 8.19. The Balaban J connectivity index is 2.60. The Labute approximate surface area is 130 Å². The van der Waals surface area contributed by atoms with Crippen LogP contribution in [0.15, 0.2) is 30.3 Å². The van der Waals surface area contributed by atoms with Crippen LogP contribution in [0.25, 0.3) is 6.08 Å². The highest BCUT2D eigenvalue weighted by molar-refractivity contribution is 8.13. The molecule has 0 fully saturated rings. The van der Waals surface area contributed by atoms with Crippen molar-refractivity contribution in [2.45, 2.75) is 33.3 Å². The summed E-state index contributed by atoms with van der Waals surface area (Å²) in [6.07, 6.45) is 3.35. The summed E-state index contributed by atoms with van der Waals surface area (Å²) in [6.45, 7) is 7.00. The number of carbonyl (C=O) groups is 2. The van der Waals surface area contributed by atoms with Gasteiger partial charge in [0.05, 0.1) is 0 Å². The molecule has 1 rings (SSSR count). The van der Waals surface area contributed by atoms with Gasteiger partial charge < -0.3 is 4.74 Å². The molecule has 1 amide bonds. The maximum Gasteiger partial charge on any atom is 0.412 e. The number of carbonyl (C=O) groups excluding carboxylic acids is 2. The standard InChI is InChI=1S/C16H21NO3S/c1-12(18)21-10-6-8-13-7-5-9-14(11-13)17-15(19)20-16(2,3)4/h5-9,11H,10H2,1-4H3,(H,17,19). The van der Waals surface area contributed by atoms with Crippen molar-refractivity contribution in [3.63, 3.8) is 0 Å². The smallest absolute Gasteiger partial charge is 0.412 e. The first-order valence-corrected chi connectivity index (χ1v) is 7.65. The lowest BCUT2D eigenvalue weighted by atomic mass is 10.2. The lowest BCUT2D eigenvalue weighted by Crippen LogP contribution is -2.27. The second-order valence-corrected chi connectivity index (χ2v) is 6.65. The van der Waals surface area contributed by atoms with Crippen molar-refractivity contribution in [1.29, 1.82) is 0 Å². The lowest BCUT2D eigenvalue weighted by Gasteiger charge is -2.19. The van der Waals surface area contributed by atoms with E-state index in [1.54, 1.807) is 13.0 Å². The number of nitrogens with one attached hydrogen (secondary N) is 1. The third-order valence-electron chi connectivity index (χ3n) is 2.23. The summed E-state index contributed by atoms with van der Waals surface area (Å²) in [7, 11) is 0. The van der Waals surface area contributed by atoms with Gasteiger partial charge in [0, 0.05) is 18.4 Å². The van der Waals surface area contributed by atoms with Crippen LogP contribution in [-0.4, -0.2) is 22.6 Å². The van der Waals surface area contributed by atoms with Gasteiger partial charge in [0.15, 0.2) is 5.12 Å². The summed E-state index contributed by atoms with van der Waals surface area (Å²) in [6, 6.07) is 7.42. The van der Waals surface area contributed by atoms with Crippen molar-refractivity contribution < 1.29 is 14.3 Å². The summed E-state index contributed by atoms with van der Waals surface area (Å²) in [4.78, 5) is 22.5. The zero-order valence-electron chi connectivity index (χ0n) is 12.8. The first kappa shape index (κ1) is 17.3. The molecule has 0 unspecified atom stereocenters. The average molecular weight is 307 g/mol. The van der Waals surface area contributed by atoms with E-state index in [1.165, 1.54) is 11.8 Å². The van der Waals surface area contributed by atoms with Crippen LogP contribution < -0.4 is 5.32 Å². The topological polar surface area (TPSA) is 55.4 Å². The van der Waals surface area contributed by atoms with Crippen molar-refractivity contribution in [1.82, 2.24) is 0 Å². The highest BCUT2D eigenvalue weighted by Crippen LogP contribution is 2.15. The summed E-state index contributed by atoms with van der Waals surface area (Å²) in [5.41, 5.74) is 1.10. The highest BCUT2D eigenvalue weighted by atomic mass is 32.2.